The number of benzene rings is 1. The lowest BCUT2D eigenvalue weighted by atomic mass is 10.1. The van der Waals surface area contributed by atoms with Gasteiger partial charge in [0, 0.05) is 17.1 Å². The smallest absolute Gasteiger partial charge is 0.321 e. The number of nitrogens with zero attached hydrogens (tertiary/aromatic N) is 1. The van der Waals surface area contributed by atoms with Crippen LogP contribution in [0, 0.1) is 0 Å². The van der Waals surface area contributed by atoms with Gasteiger partial charge in [-0.25, -0.2) is 4.79 Å². The third kappa shape index (κ3) is 6.77. The number of thioether (sulfide) groups is 1. The first-order valence-electron chi connectivity index (χ1n) is 6.54. The molecule has 1 aromatic rings. The van der Waals surface area contributed by atoms with Crippen molar-refractivity contribution in [2.75, 3.05) is 18.4 Å². The molecule has 1 rings (SSSR count). The highest BCUT2D eigenvalue weighted by molar-refractivity contribution is 7.99. The highest BCUT2D eigenvalue weighted by atomic mass is 32.2. The second-order valence-electron chi connectivity index (χ2n) is 5.16. The van der Waals surface area contributed by atoms with Gasteiger partial charge in [-0.15, -0.1) is 0 Å². The molecule has 0 aliphatic heterocycles. The Balaban J connectivity index is 2.64. The molecule has 0 aliphatic rings. The van der Waals surface area contributed by atoms with Crippen LogP contribution < -0.4 is 5.32 Å². The number of alkyl halides is 2. The third-order valence-electron chi connectivity index (χ3n) is 2.58. The quantitative estimate of drug-likeness (QED) is 0.788. The summed E-state index contributed by atoms with van der Waals surface area (Å²) in [6.45, 7) is 5.72. The number of carbonyl (C=O) groups is 1. The molecule has 0 fully saturated rings. The number of halogens is 2. The number of amides is 2. The van der Waals surface area contributed by atoms with Gasteiger partial charge in [-0.2, -0.15) is 8.78 Å². The van der Waals surface area contributed by atoms with Crippen LogP contribution in [-0.4, -0.2) is 40.5 Å². The van der Waals surface area contributed by atoms with Crippen molar-refractivity contribution in [2.45, 2.75) is 37.0 Å². The van der Waals surface area contributed by atoms with Crippen LogP contribution in [0.25, 0.3) is 0 Å². The lowest BCUT2D eigenvalue weighted by Crippen LogP contribution is -2.44. The maximum atomic E-state index is 12.2. The van der Waals surface area contributed by atoms with Crippen LogP contribution in [0.15, 0.2) is 29.2 Å². The predicted molar refractivity (Wildman–Crippen MR) is 80.9 cm³/mol. The number of hydrogen-bond acceptors (Lipinski definition) is 3. The lowest BCUT2D eigenvalue weighted by Gasteiger charge is -2.28. The Labute approximate surface area is 127 Å². The first kappa shape index (κ1) is 17.7. The second kappa shape index (κ2) is 7.61. The van der Waals surface area contributed by atoms with Crippen molar-refractivity contribution in [2.24, 2.45) is 0 Å². The van der Waals surface area contributed by atoms with Crippen molar-refractivity contribution in [3.63, 3.8) is 0 Å². The van der Waals surface area contributed by atoms with Gasteiger partial charge in [-0.05, 0) is 45.0 Å². The molecule has 0 aromatic heterocycles. The van der Waals surface area contributed by atoms with Crippen molar-refractivity contribution >= 4 is 23.5 Å². The van der Waals surface area contributed by atoms with E-state index >= 15 is 0 Å². The summed E-state index contributed by atoms with van der Waals surface area (Å²) in [5, 5.41) is 12.4. The summed E-state index contributed by atoms with van der Waals surface area (Å²) in [4.78, 5) is 14.0. The fraction of sp³-hybridized carbons (Fsp3) is 0.500. The van der Waals surface area contributed by atoms with E-state index in [4.69, 9.17) is 0 Å². The average molecular weight is 318 g/mol. The summed E-state index contributed by atoms with van der Waals surface area (Å²) in [6, 6.07) is 5.85. The van der Waals surface area contributed by atoms with Crippen LogP contribution in [0.2, 0.25) is 0 Å². The predicted octanol–water partition coefficient (Wildman–Crippen LogP) is 3.63. The minimum absolute atomic E-state index is 0.203. The molecule has 0 saturated heterocycles. The van der Waals surface area contributed by atoms with Gasteiger partial charge in [0.2, 0.25) is 0 Å². The van der Waals surface area contributed by atoms with Gasteiger partial charge in [0.15, 0.2) is 0 Å². The van der Waals surface area contributed by atoms with Crippen LogP contribution in [0.3, 0.4) is 0 Å². The van der Waals surface area contributed by atoms with E-state index in [2.05, 4.69) is 5.32 Å². The molecule has 0 atom stereocenters. The van der Waals surface area contributed by atoms with Gasteiger partial charge in [0.05, 0.1) is 12.1 Å². The van der Waals surface area contributed by atoms with E-state index in [1.165, 1.54) is 17.0 Å². The Morgan fingerprint density at radius 3 is 2.38 bits per heavy atom. The molecule has 4 nitrogen and oxygen atoms in total. The van der Waals surface area contributed by atoms with E-state index < -0.39 is 11.4 Å². The molecule has 118 valence electrons. The van der Waals surface area contributed by atoms with E-state index in [1.807, 2.05) is 6.92 Å². The van der Waals surface area contributed by atoms with Crippen LogP contribution in [-0.2, 0) is 0 Å². The molecule has 0 heterocycles. The Bertz CT molecular complexity index is 461. The number of carbonyl (C=O) groups excluding carboxylic acids is 1. The minimum atomic E-state index is -2.46. The summed E-state index contributed by atoms with van der Waals surface area (Å²) in [5.41, 5.74) is -0.460. The highest BCUT2D eigenvalue weighted by Crippen LogP contribution is 2.26. The zero-order chi connectivity index (χ0) is 16.0. The van der Waals surface area contributed by atoms with Crippen LogP contribution in [0.4, 0.5) is 19.3 Å². The summed E-state index contributed by atoms with van der Waals surface area (Å²) in [6.07, 6.45) is 0. The van der Waals surface area contributed by atoms with Crippen LogP contribution in [0.5, 0.6) is 0 Å². The molecule has 1 aromatic carbocycles. The molecule has 0 bridgehead atoms. The number of anilines is 1. The maximum absolute atomic E-state index is 12.2. The molecule has 7 heteroatoms. The average Bonchev–Trinajstić information content (AvgIpc) is 2.36. The van der Waals surface area contributed by atoms with Crippen molar-refractivity contribution in [1.29, 1.82) is 0 Å². The van der Waals surface area contributed by atoms with Gasteiger partial charge in [-0.3, -0.25) is 0 Å². The lowest BCUT2D eigenvalue weighted by molar-refractivity contribution is 0.0501. The first-order chi connectivity index (χ1) is 9.71. The molecule has 21 heavy (non-hydrogen) atoms. The third-order valence-corrected chi connectivity index (χ3v) is 3.30. The molecule has 0 radical (unpaired) electrons. The SMILES string of the molecule is CCN(CC(C)(C)O)C(=O)Nc1ccc(SC(F)F)cc1. The molecular weight excluding hydrogens is 298 g/mol. The number of hydrogen-bond donors (Lipinski definition) is 2. The van der Waals surface area contributed by atoms with Gasteiger partial charge < -0.3 is 15.3 Å². The van der Waals surface area contributed by atoms with Crippen LogP contribution >= 0.6 is 11.8 Å². The Kier molecular flexibility index (Phi) is 6.42. The Hall–Kier alpha value is -1.34. The largest absolute Gasteiger partial charge is 0.389 e. The second-order valence-corrected chi connectivity index (χ2v) is 6.22. The fourth-order valence-electron chi connectivity index (χ4n) is 1.72. The monoisotopic (exact) mass is 318 g/mol. The number of aliphatic hydroxyl groups is 1. The molecule has 2 amide bonds. The molecular formula is C14H20F2N2O2S. The minimum Gasteiger partial charge on any atom is -0.389 e. The van der Waals surface area contributed by atoms with Gasteiger partial charge in [0.1, 0.15) is 0 Å². The summed E-state index contributed by atoms with van der Waals surface area (Å²) in [5.74, 6) is -2.46. The van der Waals surface area contributed by atoms with Crippen molar-refractivity contribution in [3.8, 4) is 0 Å². The topological polar surface area (TPSA) is 52.6 Å². The zero-order valence-corrected chi connectivity index (χ0v) is 13.1. The van der Waals surface area contributed by atoms with E-state index in [9.17, 15) is 18.7 Å². The molecule has 0 aliphatic carbocycles. The van der Waals surface area contributed by atoms with Crippen molar-refractivity contribution in [3.05, 3.63) is 24.3 Å². The molecule has 2 N–H and O–H groups in total. The van der Waals surface area contributed by atoms with E-state index in [1.54, 1.807) is 26.0 Å². The fourth-order valence-corrected chi connectivity index (χ4v) is 2.22. The summed E-state index contributed by atoms with van der Waals surface area (Å²) >= 11 is 0.455. The van der Waals surface area contributed by atoms with Crippen LogP contribution in [0.1, 0.15) is 20.8 Å². The summed E-state index contributed by atoms with van der Waals surface area (Å²) in [7, 11) is 0. The first-order valence-corrected chi connectivity index (χ1v) is 7.42. The van der Waals surface area contributed by atoms with E-state index in [0.717, 1.165) is 0 Å². The normalized spacial score (nSPS) is 11.6. The van der Waals surface area contributed by atoms with Gasteiger partial charge in [-0.1, -0.05) is 11.8 Å². The van der Waals surface area contributed by atoms with Crippen molar-refractivity contribution in [1.82, 2.24) is 4.90 Å². The molecule has 0 spiro atoms. The maximum Gasteiger partial charge on any atom is 0.321 e. The number of urea groups is 1. The van der Waals surface area contributed by atoms with Gasteiger partial charge in [0.25, 0.3) is 5.76 Å². The number of rotatable bonds is 6. The standard InChI is InChI=1S/C14H20F2N2O2S/c1-4-18(9-14(2,3)20)13(19)17-10-5-7-11(8-6-10)21-12(15)16/h5-8,12,20H,4,9H2,1-3H3,(H,17,19). The number of likely N-dealkylation sites (N-methyl/N-ethyl adjacent to an activating group) is 1. The van der Waals surface area contributed by atoms with E-state index in [0.29, 0.717) is 28.9 Å². The highest BCUT2D eigenvalue weighted by Gasteiger charge is 2.21. The molecule has 0 unspecified atom stereocenters. The number of nitrogens with one attached hydrogen (secondary N) is 1. The Morgan fingerprint density at radius 1 is 1.38 bits per heavy atom. The zero-order valence-electron chi connectivity index (χ0n) is 12.3. The summed E-state index contributed by atoms with van der Waals surface area (Å²) < 4.78 is 24.4. The van der Waals surface area contributed by atoms with E-state index in [-0.39, 0.29) is 12.6 Å². The van der Waals surface area contributed by atoms with Gasteiger partial charge >= 0.3 is 6.03 Å². The van der Waals surface area contributed by atoms with Crippen molar-refractivity contribution < 1.29 is 18.7 Å². The Morgan fingerprint density at radius 2 is 1.95 bits per heavy atom. The molecule has 0 saturated carbocycles.